The van der Waals surface area contributed by atoms with E-state index in [0.29, 0.717) is 48.2 Å². The number of hydrogen-bond donors (Lipinski definition) is 4. The Bertz CT molecular complexity index is 2720. The molecular weight excluding hydrogens is 841 g/mol. The van der Waals surface area contributed by atoms with Crippen LogP contribution in [-0.2, 0) is 19.1 Å². The Morgan fingerprint density at radius 3 is 2.58 bits per heavy atom. The molecule has 2 aromatic carbocycles. The second-order valence-corrected chi connectivity index (χ2v) is 17.8. The number of nitrogens with one attached hydrogen (secondary N) is 3. The van der Waals surface area contributed by atoms with Crippen molar-refractivity contribution in [2.24, 2.45) is 16.6 Å². The third kappa shape index (κ3) is 8.79. The number of benzene rings is 2. The van der Waals surface area contributed by atoms with Crippen LogP contribution >= 0.6 is 0 Å². The summed E-state index contributed by atoms with van der Waals surface area (Å²) >= 11 is 0. The quantitative estimate of drug-likeness (QED) is 0.103. The molecule has 5 aliphatic rings. The molecule has 340 valence electrons. The van der Waals surface area contributed by atoms with Gasteiger partial charge in [0.05, 0.1) is 55.4 Å². The number of carbonyl (C=O) groups is 4. The number of nitrogens with two attached hydrogens (primary N) is 1. The number of carbonyl (C=O) groups excluding carboxylic acids is 4. The Hall–Kier alpha value is -6.31. The predicted molar refractivity (Wildman–Crippen MR) is 238 cm³/mol. The maximum atomic E-state index is 13.9. The number of fused-ring (bicyclic) bond motifs is 6. The van der Waals surface area contributed by atoms with Crippen LogP contribution in [-0.4, -0.2) is 131 Å². The van der Waals surface area contributed by atoms with Gasteiger partial charge in [0.25, 0.3) is 12.3 Å². The van der Waals surface area contributed by atoms with Gasteiger partial charge in [-0.25, -0.2) is 18.3 Å². The van der Waals surface area contributed by atoms with Gasteiger partial charge < -0.3 is 35.3 Å². The molecule has 4 saturated heterocycles. The largest absolute Gasteiger partial charge is 0.464 e. The summed E-state index contributed by atoms with van der Waals surface area (Å²) in [6.45, 7) is 5.69. The van der Waals surface area contributed by atoms with E-state index < -0.39 is 23.9 Å². The zero-order valence-electron chi connectivity index (χ0n) is 35.8. The summed E-state index contributed by atoms with van der Waals surface area (Å²) in [6, 6.07) is 11.4. The van der Waals surface area contributed by atoms with Crippen molar-refractivity contribution in [1.29, 1.82) is 0 Å². The number of morpholine rings is 1. The number of halogens is 2. The smallest absolute Gasteiger partial charge is 0.279 e. The van der Waals surface area contributed by atoms with Crippen molar-refractivity contribution >= 4 is 68.7 Å². The molecule has 5 N–H and O–H groups in total. The maximum absolute atomic E-state index is 13.9. The molecule has 17 nitrogen and oxygen atoms in total. The Morgan fingerprint density at radius 1 is 1.02 bits per heavy atom. The van der Waals surface area contributed by atoms with Gasteiger partial charge >= 0.3 is 0 Å². The Labute approximate surface area is 372 Å². The average Bonchev–Trinajstić information content (AvgIpc) is 4.13. The minimum absolute atomic E-state index is 0.0974. The fraction of sp³-hybridized carbons (Fsp3) is 0.457. The summed E-state index contributed by atoms with van der Waals surface area (Å²) in [7, 11) is 0. The molecule has 4 amide bonds. The molecule has 19 heteroatoms. The molecule has 4 aliphatic heterocycles. The highest BCUT2D eigenvalue weighted by Crippen LogP contribution is 2.39. The second kappa shape index (κ2) is 17.9. The highest BCUT2D eigenvalue weighted by molar-refractivity contribution is 6.15. The van der Waals surface area contributed by atoms with Gasteiger partial charge in [0.1, 0.15) is 22.7 Å². The van der Waals surface area contributed by atoms with Gasteiger partial charge in [-0.05, 0) is 74.1 Å². The van der Waals surface area contributed by atoms with Crippen molar-refractivity contribution in [1.82, 2.24) is 35.0 Å². The van der Waals surface area contributed by atoms with Gasteiger partial charge in [-0.1, -0.05) is 12.1 Å². The summed E-state index contributed by atoms with van der Waals surface area (Å²) in [5.74, 6) is -0.718. The summed E-state index contributed by atoms with van der Waals surface area (Å²) in [5.41, 5.74) is 7.28. The van der Waals surface area contributed by atoms with Crippen molar-refractivity contribution in [2.45, 2.75) is 75.5 Å². The molecule has 0 spiro atoms. The highest BCUT2D eigenvalue weighted by atomic mass is 19.3. The lowest BCUT2D eigenvalue weighted by molar-refractivity contribution is -0.134. The molecule has 1 unspecified atom stereocenters. The predicted octanol–water partition coefficient (Wildman–Crippen LogP) is 4.18. The Morgan fingerprint density at radius 2 is 1.83 bits per heavy atom. The van der Waals surface area contributed by atoms with Crippen LogP contribution < -0.4 is 26.6 Å². The number of alkyl halides is 2. The van der Waals surface area contributed by atoms with Crippen LogP contribution in [0.15, 0.2) is 75.9 Å². The first-order chi connectivity index (χ1) is 31.5. The van der Waals surface area contributed by atoms with Gasteiger partial charge in [-0.2, -0.15) is 5.10 Å². The van der Waals surface area contributed by atoms with Crippen molar-refractivity contribution in [2.75, 3.05) is 62.6 Å². The number of amides is 4. The van der Waals surface area contributed by atoms with E-state index in [4.69, 9.17) is 19.9 Å². The van der Waals surface area contributed by atoms with Crippen molar-refractivity contribution in [3.63, 3.8) is 0 Å². The minimum atomic E-state index is -2.99. The second-order valence-electron chi connectivity index (χ2n) is 17.8. The lowest BCUT2D eigenvalue weighted by Gasteiger charge is -2.37. The van der Waals surface area contributed by atoms with Crippen molar-refractivity contribution < 1.29 is 37.1 Å². The molecule has 5 aromatic rings. The van der Waals surface area contributed by atoms with Gasteiger partial charge in [0.2, 0.25) is 17.7 Å². The number of nitrogens with zero attached hydrogens (tertiary/aromatic N) is 7. The molecule has 10 rings (SSSR count). The van der Waals surface area contributed by atoms with E-state index in [1.54, 1.807) is 12.5 Å². The molecule has 2 bridgehead atoms. The number of anilines is 2. The molecule has 0 radical (unpaired) electrons. The number of ether oxygens (including phenoxy) is 1. The zero-order valence-corrected chi connectivity index (χ0v) is 35.8. The van der Waals surface area contributed by atoms with Crippen LogP contribution in [0.25, 0.3) is 27.4 Å². The first kappa shape index (κ1) is 42.6. The van der Waals surface area contributed by atoms with E-state index in [1.807, 2.05) is 36.4 Å². The number of allylic oxidation sites excluding steroid dienone is 2. The van der Waals surface area contributed by atoms with E-state index in [2.05, 4.69) is 40.7 Å². The van der Waals surface area contributed by atoms with Gasteiger partial charge in [-0.3, -0.25) is 34.4 Å². The Balaban J connectivity index is 0.698. The molecular formula is C46H51F2N11O6. The van der Waals surface area contributed by atoms with E-state index in [1.165, 1.54) is 16.9 Å². The van der Waals surface area contributed by atoms with E-state index in [9.17, 15) is 28.0 Å². The molecule has 3 atom stereocenters. The molecule has 1 saturated carbocycles. The number of hydrogen-bond acceptors (Lipinski definition) is 13. The average molecular weight is 892 g/mol. The first-order valence-electron chi connectivity index (χ1n) is 22.4. The van der Waals surface area contributed by atoms with Crippen molar-refractivity contribution in [3.05, 3.63) is 77.6 Å². The lowest BCUT2D eigenvalue weighted by atomic mass is 9.86. The third-order valence-corrected chi connectivity index (χ3v) is 13.7. The van der Waals surface area contributed by atoms with E-state index >= 15 is 0 Å². The van der Waals surface area contributed by atoms with Crippen LogP contribution in [0.4, 0.5) is 20.3 Å². The molecule has 65 heavy (non-hydrogen) atoms. The maximum Gasteiger partial charge on any atom is 0.279 e. The number of piperidine rings is 1. The van der Waals surface area contributed by atoms with Crippen LogP contribution in [0, 0.1) is 5.92 Å². The van der Waals surface area contributed by atoms with E-state index in [-0.39, 0.29) is 60.1 Å². The summed E-state index contributed by atoms with van der Waals surface area (Å²) in [4.78, 5) is 67.5. The van der Waals surface area contributed by atoms with Gasteiger partial charge in [0.15, 0.2) is 5.65 Å². The molecule has 5 fully saturated rings. The molecule has 7 heterocycles. The van der Waals surface area contributed by atoms with Crippen LogP contribution in [0.5, 0.6) is 0 Å². The van der Waals surface area contributed by atoms with Gasteiger partial charge in [0, 0.05) is 80.1 Å². The highest BCUT2D eigenvalue weighted by Gasteiger charge is 2.40. The summed E-state index contributed by atoms with van der Waals surface area (Å²) in [5, 5.41) is 14.9. The number of piperazine rings is 1. The summed E-state index contributed by atoms with van der Waals surface area (Å²) < 4.78 is 40.9. The number of rotatable bonds is 12. The number of aliphatic imine (C=N–C) groups is 1. The Kier molecular flexibility index (Phi) is 11.8. The van der Waals surface area contributed by atoms with Crippen LogP contribution in [0.3, 0.4) is 0 Å². The number of imide groups is 1. The fourth-order valence-corrected chi connectivity index (χ4v) is 10.2. The standard InChI is InChI=1S/C46H51F2N11O6/c47-43(48)42(49)36(53-46(63)33-19-51-59-13-12-38(54-44(33)59)58-22-29-18-28(58)24-64-29)20-50-27-6-4-26(5-7-27)21-56-14-16-57(17-15-56)23-40(61)52-35-3-1-2-31-30(35)8-10-37-41(31)34(25-65-37)32-9-11-39(60)55-45(32)62/h1-3,8,10,12-13,19-20,25-29,32,43H,4-7,9,11,14-18,21-24,49H2,(H,52,61)(H,53,63)(H,55,60,62)/t26?,27?,28-,29-,32?/m1/s1. The minimum Gasteiger partial charge on any atom is -0.464 e. The molecule has 3 aromatic heterocycles. The van der Waals surface area contributed by atoms with Gasteiger partial charge in [-0.15, -0.1) is 0 Å². The monoisotopic (exact) mass is 891 g/mol. The number of aromatic nitrogens is 3. The lowest BCUT2D eigenvalue weighted by Crippen LogP contribution is -2.49. The SMILES string of the molecule is NC(=C(C=NC1CCC(CN2CCN(CC(=O)Nc3cccc4c3ccc3occ(C5CCC(=O)NC5=O)c34)CC2)CC1)NC(=O)c1cnn2ccc(N3C[C@H]4C[C@@H]3CO4)nc12)C(F)F. The van der Waals surface area contributed by atoms with E-state index in [0.717, 1.165) is 86.6 Å². The third-order valence-electron chi connectivity index (χ3n) is 13.7. The van der Waals surface area contributed by atoms with Crippen LogP contribution in [0.1, 0.15) is 66.8 Å². The first-order valence-corrected chi connectivity index (χ1v) is 22.4. The van der Waals surface area contributed by atoms with Crippen LogP contribution in [0.2, 0.25) is 0 Å². The number of furan rings is 1. The topological polar surface area (TPSA) is 205 Å². The fourth-order valence-electron chi connectivity index (χ4n) is 10.2. The normalized spacial score (nSPS) is 24.7. The molecule has 1 aliphatic carbocycles. The summed E-state index contributed by atoms with van der Waals surface area (Å²) in [6.07, 6.45) is 8.12. The zero-order chi connectivity index (χ0) is 44.8. The van der Waals surface area contributed by atoms with Crippen molar-refractivity contribution in [3.8, 4) is 0 Å².